The highest BCUT2D eigenvalue weighted by molar-refractivity contribution is 5.79. The molecule has 0 radical (unpaired) electrons. The fourth-order valence-electron chi connectivity index (χ4n) is 3.30. The monoisotopic (exact) mass is 370 g/mol. The number of hydrogen-bond acceptors (Lipinski definition) is 6. The van der Waals surface area contributed by atoms with Gasteiger partial charge < -0.3 is 20.0 Å². The summed E-state index contributed by atoms with van der Waals surface area (Å²) in [6.07, 6.45) is 9.25. The number of rotatable bonds is 10. The lowest BCUT2D eigenvalue weighted by Crippen LogP contribution is -2.34. The molecule has 2 aliphatic rings. The van der Waals surface area contributed by atoms with Gasteiger partial charge in [0.25, 0.3) is 0 Å². The minimum atomic E-state index is 0.304. The molecule has 2 saturated heterocycles. The van der Waals surface area contributed by atoms with Gasteiger partial charge in [-0.3, -0.25) is 9.59 Å². The van der Waals surface area contributed by atoms with Crippen LogP contribution in [-0.4, -0.2) is 84.1 Å². The van der Waals surface area contributed by atoms with Crippen LogP contribution in [0.4, 0.5) is 0 Å². The van der Waals surface area contributed by atoms with Gasteiger partial charge >= 0.3 is 0 Å². The molecule has 152 valence electrons. The number of aliphatic hydroxyl groups excluding tert-OH is 2. The molecule has 6 nitrogen and oxygen atoms in total. The number of aliphatic hydroxyl groups is 2. The molecule has 0 bridgehead atoms. The number of nitrogens with zero attached hydrogens (tertiary/aromatic N) is 2. The highest BCUT2D eigenvalue weighted by Crippen LogP contribution is 2.08. The van der Waals surface area contributed by atoms with Gasteiger partial charge in [0.1, 0.15) is 11.6 Å². The van der Waals surface area contributed by atoms with Crippen LogP contribution in [0.2, 0.25) is 0 Å². The van der Waals surface area contributed by atoms with Gasteiger partial charge in [0.05, 0.1) is 0 Å². The summed E-state index contributed by atoms with van der Waals surface area (Å²) in [7, 11) is 0. The second kappa shape index (κ2) is 15.3. The Balaban J connectivity index is 0.000000260. The van der Waals surface area contributed by atoms with Crippen molar-refractivity contribution in [3.63, 3.8) is 0 Å². The summed E-state index contributed by atoms with van der Waals surface area (Å²) in [5.41, 5.74) is 0. The minimum Gasteiger partial charge on any atom is -0.396 e. The highest BCUT2D eigenvalue weighted by Gasteiger charge is 2.15. The SMILES string of the molecule is O=C1CCN(CCCCCO)CC1.O=C1CCN(CCCCCO)CC1. The number of hydrogen-bond donors (Lipinski definition) is 2. The molecule has 0 aliphatic carbocycles. The lowest BCUT2D eigenvalue weighted by atomic mass is 10.1. The number of carbonyl (C=O) groups excluding carboxylic acids is 2. The second-order valence-electron chi connectivity index (χ2n) is 7.33. The van der Waals surface area contributed by atoms with Crippen LogP contribution in [0.25, 0.3) is 0 Å². The molecule has 0 aromatic carbocycles. The molecule has 2 N–H and O–H groups in total. The summed E-state index contributed by atoms with van der Waals surface area (Å²) in [5, 5.41) is 17.2. The number of likely N-dealkylation sites (tertiary alicyclic amines) is 2. The van der Waals surface area contributed by atoms with E-state index in [0.717, 1.165) is 103 Å². The molecular weight excluding hydrogens is 332 g/mol. The molecule has 0 spiro atoms. The van der Waals surface area contributed by atoms with Crippen molar-refractivity contribution in [3.8, 4) is 0 Å². The summed E-state index contributed by atoms with van der Waals surface area (Å²) in [4.78, 5) is 26.5. The van der Waals surface area contributed by atoms with Gasteiger partial charge in [0.15, 0.2) is 0 Å². The molecule has 2 aliphatic heterocycles. The summed E-state index contributed by atoms with van der Waals surface area (Å²) in [6.45, 7) is 6.56. The predicted molar refractivity (Wildman–Crippen MR) is 103 cm³/mol. The summed E-state index contributed by atoms with van der Waals surface area (Å²) < 4.78 is 0. The van der Waals surface area contributed by atoms with Crippen molar-refractivity contribution >= 4 is 11.6 Å². The fraction of sp³-hybridized carbons (Fsp3) is 0.900. The third-order valence-corrected chi connectivity index (χ3v) is 5.09. The van der Waals surface area contributed by atoms with Gasteiger partial charge in [-0.15, -0.1) is 0 Å². The third-order valence-electron chi connectivity index (χ3n) is 5.09. The van der Waals surface area contributed by atoms with Crippen molar-refractivity contribution in [1.29, 1.82) is 0 Å². The topological polar surface area (TPSA) is 81.1 Å². The van der Waals surface area contributed by atoms with Crippen molar-refractivity contribution < 1.29 is 19.8 Å². The van der Waals surface area contributed by atoms with Crippen molar-refractivity contribution in [3.05, 3.63) is 0 Å². The van der Waals surface area contributed by atoms with Crippen LogP contribution in [0.5, 0.6) is 0 Å². The molecule has 0 unspecified atom stereocenters. The molecule has 0 atom stereocenters. The van der Waals surface area contributed by atoms with Crippen LogP contribution >= 0.6 is 0 Å². The van der Waals surface area contributed by atoms with E-state index in [-0.39, 0.29) is 0 Å². The van der Waals surface area contributed by atoms with E-state index in [0.29, 0.717) is 24.8 Å². The van der Waals surface area contributed by atoms with Crippen LogP contribution < -0.4 is 0 Å². The Hall–Kier alpha value is -0.820. The van der Waals surface area contributed by atoms with E-state index < -0.39 is 0 Å². The molecule has 2 heterocycles. The van der Waals surface area contributed by atoms with Crippen molar-refractivity contribution in [1.82, 2.24) is 9.80 Å². The standard InChI is InChI=1S/2C10H19NO2/c2*12-9-3-1-2-6-11-7-4-10(13)5-8-11/h2*12H,1-9H2. The third kappa shape index (κ3) is 11.7. The second-order valence-corrected chi connectivity index (χ2v) is 7.33. The van der Waals surface area contributed by atoms with Crippen LogP contribution in [0.15, 0.2) is 0 Å². The van der Waals surface area contributed by atoms with Crippen molar-refractivity contribution in [2.75, 3.05) is 52.5 Å². The number of unbranched alkanes of at least 4 members (excludes halogenated alkanes) is 4. The predicted octanol–water partition coefficient (Wildman–Crippen LogP) is 1.63. The maximum Gasteiger partial charge on any atom is 0.135 e. The largest absolute Gasteiger partial charge is 0.396 e. The average molecular weight is 371 g/mol. The fourth-order valence-corrected chi connectivity index (χ4v) is 3.30. The highest BCUT2D eigenvalue weighted by atomic mass is 16.3. The smallest absolute Gasteiger partial charge is 0.135 e. The Kier molecular flexibility index (Phi) is 13.6. The van der Waals surface area contributed by atoms with Crippen LogP contribution in [0, 0.1) is 0 Å². The van der Waals surface area contributed by atoms with Gasteiger partial charge in [-0.2, -0.15) is 0 Å². The Bertz CT molecular complexity index is 334. The van der Waals surface area contributed by atoms with E-state index in [1.54, 1.807) is 0 Å². The normalized spacial score (nSPS) is 19.3. The van der Waals surface area contributed by atoms with Gasteiger partial charge in [-0.1, -0.05) is 0 Å². The lowest BCUT2D eigenvalue weighted by molar-refractivity contribution is -0.122. The molecule has 0 aromatic heterocycles. The Morgan fingerprint density at radius 1 is 0.577 bits per heavy atom. The van der Waals surface area contributed by atoms with Gasteiger partial charge in [-0.25, -0.2) is 0 Å². The molecule has 26 heavy (non-hydrogen) atoms. The number of piperidine rings is 2. The number of carbonyl (C=O) groups is 2. The summed E-state index contributed by atoms with van der Waals surface area (Å²) in [5.74, 6) is 0.818. The van der Waals surface area contributed by atoms with E-state index in [1.807, 2.05) is 0 Å². The Labute approximate surface area is 158 Å². The average Bonchev–Trinajstić information content (AvgIpc) is 2.66. The molecule has 6 heteroatoms. The Morgan fingerprint density at radius 2 is 0.923 bits per heavy atom. The van der Waals surface area contributed by atoms with E-state index in [4.69, 9.17) is 10.2 Å². The number of Topliss-reactive ketones (excluding diaryl/α,β-unsaturated/α-hetero) is 2. The van der Waals surface area contributed by atoms with Gasteiger partial charge in [-0.05, 0) is 51.6 Å². The first kappa shape index (κ1) is 23.2. The number of ketones is 2. The zero-order chi connectivity index (χ0) is 19.0. The molecule has 0 saturated carbocycles. The molecule has 2 fully saturated rings. The summed E-state index contributed by atoms with van der Waals surface area (Å²) in [6, 6.07) is 0. The molecule has 0 aromatic rings. The zero-order valence-electron chi connectivity index (χ0n) is 16.3. The minimum absolute atomic E-state index is 0.304. The molecule has 2 rings (SSSR count). The van der Waals surface area contributed by atoms with Crippen molar-refractivity contribution in [2.24, 2.45) is 0 Å². The van der Waals surface area contributed by atoms with Crippen molar-refractivity contribution in [2.45, 2.75) is 64.2 Å². The maximum absolute atomic E-state index is 10.9. The lowest BCUT2D eigenvalue weighted by Gasteiger charge is -2.25. The first-order chi connectivity index (χ1) is 12.7. The van der Waals surface area contributed by atoms with E-state index in [9.17, 15) is 9.59 Å². The quantitative estimate of drug-likeness (QED) is 0.569. The van der Waals surface area contributed by atoms with Crippen LogP contribution in [-0.2, 0) is 9.59 Å². The Morgan fingerprint density at radius 3 is 1.23 bits per heavy atom. The zero-order valence-corrected chi connectivity index (χ0v) is 16.3. The summed E-state index contributed by atoms with van der Waals surface area (Å²) >= 11 is 0. The van der Waals surface area contributed by atoms with Crippen LogP contribution in [0.1, 0.15) is 64.2 Å². The first-order valence-corrected chi connectivity index (χ1v) is 10.4. The van der Waals surface area contributed by atoms with Gasteiger partial charge in [0, 0.05) is 65.1 Å². The van der Waals surface area contributed by atoms with E-state index in [2.05, 4.69) is 9.80 Å². The molecular formula is C20H38N2O4. The van der Waals surface area contributed by atoms with Crippen LogP contribution in [0.3, 0.4) is 0 Å². The van der Waals surface area contributed by atoms with Gasteiger partial charge in [0.2, 0.25) is 0 Å². The van der Waals surface area contributed by atoms with E-state index in [1.165, 1.54) is 0 Å². The first-order valence-electron chi connectivity index (χ1n) is 10.4. The maximum atomic E-state index is 10.9. The van der Waals surface area contributed by atoms with E-state index >= 15 is 0 Å². The molecule has 0 amide bonds.